The highest BCUT2D eigenvalue weighted by atomic mass is 16.6. The molecule has 0 unspecified atom stereocenters. The van der Waals surface area contributed by atoms with E-state index < -0.39 is 96.1 Å². The van der Waals surface area contributed by atoms with Crippen LogP contribution in [0.4, 0.5) is 0 Å². The standard InChI is InChI=1S/C66H98N10O12/c1-39(2)27-51-63(81)85-45(13)59(77)71(15)54(30-42(7)8)66(84)88-56(34-48-21-25-50(26-22-48)36-76-58(32-44(11)12)68-38-70-76)62(80)74(18)52(28-40(3)4)64(82)86-46(14)60(78)72(16)53(29-41(5)6)65(83)87-55(61(79)73(51)17)33-47-19-23-49(24-20-47)35-75-57(31-43(9)10)67-37-69-75/h19-26,37-46,51-56H,27-36H2,1-18H3/t45-,46-,51+,52+,53+,54+,55-,56-/m1/s1. The highest BCUT2D eigenvalue weighted by Gasteiger charge is 2.43. The molecule has 22 heteroatoms. The fraction of sp³-hybridized carbons (Fsp3) is 0.636. The van der Waals surface area contributed by atoms with Gasteiger partial charge in [-0.1, -0.05) is 132 Å². The molecule has 2 aromatic heterocycles. The Bertz CT molecular complexity index is 2760. The van der Waals surface area contributed by atoms with Crippen LogP contribution in [-0.4, -0.2) is 173 Å². The van der Waals surface area contributed by atoms with E-state index in [1.54, 1.807) is 0 Å². The maximum Gasteiger partial charge on any atom is 0.329 e. The Hall–Kier alpha value is -7.52. The van der Waals surface area contributed by atoms with Crippen molar-refractivity contribution < 1.29 is 57.3 Å². The Morgan fingerprint density at radius 2 is 0.636 bits per heavy atom. The molecular formula is C66H98N10O12. The minimum atomic E-state index is -1.55. The summed E-state index contributed by atoms with van der Waals surface area (Å²) in [6.45, 7) is 26.9. The maximum atomic E-state index is 15.1. The van der Waals surface area contributed by atoms with Crippen molar-refractivity contribution in [2.24, 2.45) is 35.5 Å². The number of rotatable bonds is 20. The van der Waals surface area contributed by atoms with Gasteiger partial charge >= 0.3 is 23.9 Å². The second kappa shape index (κ2) is 32.6. The number of benzene rings is 2. The van der Waals surface area contributed by atoms with Crippen molar-refractivity contribution in [1.29, 1.82) is 0 Å². The van der Waals surface area contributed by atoms with Gasteiger partial charge < -0.3 is 38.5 Å². The summed E-state index contributed by atoms with van der Waals surface area (Å²) in [5.41, 5.74) is 3.01. The summed E-state index contributed by atoms with van der Waals surface area (Å²) in [6, 6.07) is 9.59. The molecule has 0 radical (unpaired) electrons. The van der Waals surface area contributed by atoms with Gasteiger partial charge in [-0.15, -0.1) is 0 Å². The molecule has 0 bridgehead atoms. The summed E-state index contributed by atoms with van der Waals surface area (Å²) in [7, 11) is 5.59. The summed E-state index contributed by atoms with van der Waals surface area (Å²) < 4.78 is 28.0. The fourth-order valence-electron chi connectivity index (χ4n) is 10.7. The van der Waals surface area contributed by atoms with Crippen LogP contribution in [-0.2, 0) is 96.1 Å². The number of aromatic nitrogens is 6. The van der Waals surface area contributed by atoms with Crippen molar-refractivity contribution in [1.82, 2.24) is 49.1 Å². The number of hydrogen-bond donors (Lipinski definition) is 0. The van der Waals surface area contributed by atoms with Crippen LogP contribution < -0.4 is 0 Å². The van der Waals surface area contributed by atoms with Gasteiger partial charge in [0.25, 0.3) is 23.6 Å². The Morgan fingerprint density at radius 1 is 0.375 bits per heavy atom. The zero-order valence-electron chi connectivity index (χ0n) is 55.3. The Labute approximate surface area is 520 Å². The number of ether oxygens (including phenoxy) is 4. The largest absolute Gasteiger partial charge is 0.451 e. The maximum absolute atomic E-state index is 15.1. The lowest BCUT2D eigenvalue weighted by Crippen LogP contribution is -2.55. The molecular weight excluding hydrogens is 1120 g/mol. The molecule has 0 aliphatic carbocycles. The molecule has 0 spiro atoms. The van der Waals surface area contributed by atoms with Crippen molar-refractivity contribution in [2.75, 3.05) is 28.2 Å². The van der Waals surface area contributed by atoms with E-state index >= 15 is 9.59 Å². The van der Waals surface area contributed by atoms with Crippen molar-refractivity contribution >= 4 is 47.5 Å². The van der Waals surface area contributed by atoms with E-state index in [-0.39, 0.29) is 62.2 Å². The topological polar surface area (TPSA) is 248 Å². The summed E-state index contributed by atoms with van der Waals surface area (Å²) >= 11 is 0. The van der Waals surface area contributed by atoms with Crippen molar-refractivity contribution in [2.45, 2.75) is 210 Å². The summed E-state index contributed by atoms with van der Waals surface area (Å²) in [5.74, 6) is -5.10. The number of nitrogens with zero attached hydrogens (tertiary/aromatic N) is 10. The van der Waals surface area contributed by atoms with Gasteiger partial charge in [-0.3, -0.25) is 19.2 Å². The third-order valence-corrected chi connectivity index (χ3v) is 15.6. The molecule has 22 nitrogen and oxygen atoms in total. The molecule has 8 atom stereocenters. The van der Waals surface area contributed by atoms with Gasteiger partial charge in [-0.25, -0.2) is 38.5 Å². The van der Waals surface area contributed by atoms with Crippen LogP contribution in [0.3, 0.4) is 0 Å². The second-order valence-electron chi connectivity index (χ2n) is 26.3. The van der Waals surface area contributed by atoms with E-state index in [4.69, 9.17) is 18.9 Å². The molecule has 5 rings (SSSR count). The highest BCUT2D eigenvalue weighted by Crippen LogP contribution is 2.25. The number of esters is 4. The molecule has 4 amide bonds. The van der Waals surface area contributed by atoms with Crippen molar-refractivity contribution in [3.63, 3.8) is 0 Å². The number of hydrogen-bond acceptors (Lipinski definition) is 16. The monoisotopic (exact) mass is 1220 g/mol. The Kier molecular flexibility index (Phi) is 26.4. The van der Waals surface area contributed by atoms with Gasteiger partial charge in [0, 0.05) is 53.9 Å². The minimum Gasteiger partial charge on any atom is -0.451 e. The van der Waals surface area contributed by atoms with Crippen LogP contribution in [0.15, 0.2) is 61.2 Å². The van der Waals surface area contributed by atoms with Gasteiger partial charge in [0.1, 0.15) is 48.5 Å². The van der Waals surface area contributed by atoms with Crippen LogP contribution >= 0.6 is 0 Å². The van der Waals surface area contributed by atoms with E-state index in [0.717, 1.165) is 55.2 Å². The lowest BCUT2D eigenvalue weighted by molar-refractivity contribution is -0.176. The molecule has 1 fully saturated rings. The molecule has 0 saturated carbocycles. The molecule has 484 valence electrons. The third kappa shape index (κ3) is 20.3. The number of cyclic esters (lactones) is 4. The first kappa shape index (κ1) is 71.2. The first-order chi connectivity index (χ1) is 41.3. The van der Waals surface area contributed by atoms with Gasteiger partial charge in [-0.2, -0.15) is 10.2 Å². The highest BCUT2D eigenvalue weighted by molar-refractivity contribution is 5.94. The van der Waals surface area contributed by atoms with Crippen LogP contribution in [0.1, 0.15) is 157 Å². The zero-order chi connectivity index (χ0) is 65.4. The molecule has 88 heavy (non-hydrogen) atoms. The Balaban J connectivity index is 1.58. The van der Waals surface area contributed by atoms with E-state index in [9.17, 15) is 28.8 Å². The minimum absolute atomic E-state index is 0.0755. The molecule has 1 saturated heterocycles. The third-order valence-electron chi connectivity index (χ3n) is 15.6. The number of amides is 4. The van der Waals surface area contributed by atoms with Crippen molar-refractivity contribution in [3.8, 4) is 0 Å². The normalized spacial score (nSPS) is 22.4. The van der Waals surface area contributed by atoms with E-state index in [2.05, 4.69) is 47.9 Å². The number of carbonyl (C=O) groups excluding carboxylic acids is 8. The predicted molar refractivity (Wildman–Crippen MR) is 331 cm³/mol. The van der Waals surface area contributed by atoms with Gasteiger partial charge in [-0.05, 0) is 97.3 Å². The number of likely N-dealkylation sites (N-methyl/N-ethyl adjacent to an activating group) is 4. The van der Waals surface area contributed by atoms with E-state index in [1.165, 1.54) is 54.7 Å². The van der Waals surface area contributed by atoms with Gasteiger partial charge in [0.15, 0.2) is 24.4 Å². The zero-order valence-corrected chi connectivity index (χ0v) is 55.3. The van der Waals surface area contributed by atoms with Crippen molar-refractivity contribution in [3.05, 3.63) is 95.1 Å². The molecule has 1 aliphatic heterocycles. The molecule has 4 aromatic rings. The first-order valence-electron chi connectivity index (χ1n) is 31.1. The van der Waals surface area contributed by atoms with Crippen LogP contribution in [0.5, 0.6) is 0 Å². The first-order valence-corrected chi connectivity index (χ1v) is 31.1. The lowest BCUT2D eigenvalue weighted by Gasteiger charge is -2.35. The van der Waals surface area contributed by atoms with Gasteiger partial charge in [0.05, 0.1) is 13.1 Å². The SMILES string of the molecule is CC(C)Cc1ncnn1Cc1ccc(C[C@H]2OC(=O)[C@H](CC(C)C)N(C)C(=O)[C@@H](C)OC(=O)[C@H](CC(C)C)N(C)C(=O)[C@@H](Cc3ccc(Cn4ncnc4CC(C)C)cc3)OC(=O)[C@H](CC(C)C)N(C)C(=O)[C@@H](C)OC(=O)[C@H](CC(C)C)N(C)C2=O)cc1. The van der Waals surface area contributed by atoms with E-state index in [1.807, 2.05) is 113 Å². The quantitative estimate of drug-likeness (QED) is 0.0620. The van der Waals surface area contributed by atoms with Crippen LogP contribution in [0.25, 0.3) is 0 Å². The molecule has 0 N–H and O–H groups in total. The molecule has 1 aliphatic rings. The summed E-state index contributed by atoms with van der Waals surface area (Å²) in [4.78, 5) is 132. The van der Waals surface area contributed by atoms with Crippen LogP contribution in [0.2, 0.25) is 0 Å². The van der Waals surface area contributed by atoms with Gasteiger partial charge in [0.2, 0.25) is 0 Å². The smallest absolute Gasteiger partial charge is 0.329 e. The second-order valence-corrected chi connectivity index (χ2v) is 26.3. The van der Waals surface area contributed by atoms with Crippen LogP contribution in [0, 0.1) is 35.5 Å². The predicted octanol–water partition coefficient (Wildman–Crippen LogP) is 7.34. The summed E-state index contributed by atoms with van der Waals surface area (Å²) in [5, 5.41) is 8.85. The average Bonchev–Trinajstić information content (AvgIpc) is 4.14. The van der Waals surface area contributed by atoms with E-state index in [0.29, 0.717) is 36.1 Å². The molecule has 2 aromatic carbocycles. The Morgan fingerprint density at radius 3 is 0.909 bits per heavy atom. The number of carbonyl (C=O) groups is 8. The fourth-order valence-corrected chi connectivity index (χ4v) is 10.7. The molecule has 3 heterocycles. The lowest BCUT2D eigenvalue weighted by atomic mass is 9.99. The average molecular weight is 1220 g/mol. The summed E-state index contributed by atoms with van der Waals surface area (Å²) in [6.07, 6.45) is -1.56.